The largest absolute Gasteiger partial charge is 0.207 e. The van der Waals surface area contributed by atoms with Crippen LogP contribution in [0.15, 0.2) is 30.3 Å². The van der Waals surface area contributed by atoms with E-state index in [-0.39, 0.29) is 5.82 Å². The van der Waals surface area contributed by atoms with E-state index in [1.807, 2.05) is 19.1 Å². The van der Waals surface area contributed by atoms with Crippen LogP contribution in [0.3, 0.4) is 0 Å². The van der Waals surface area contributed by atoms with Crippen molar-refractivity contribution in [3.63, 3.8) is 0 Å². The second-order valence-corrected chi connectivity index (χ2v) is 7.24. The molecule has 2 aromatic rings. The summed E-state index contributed by atoms with van der Waals surface area (Å²) in [6, 6.07) is 10.3. The van der Waals surface area contributed by atoms with Gasteiger partial charge in [0.05, 0.1) is 0 Å². The van der Waals surface area contributed by atoms with Crippen molar-refractivity contribution in [1.82, 2.24) is 0 Å². The van der Waals surface area contributed by atoms with Crippen molar-refractivity contribution < 1.29 is 4.39 Å². The molecule has 0 spiro atoms. The van der Waals surface area contributed by atoms with E-state index in [2.05, 4.69) is 32.9 Å². The minimum Gasteiger partial charge on any atom is -0.207 e. The molecule has 23 heavy (non-hydrogen) atoms. The number of hydrogen-bond acceptors (Lipinski definition) is 0. The molecule has 1 aliphatic carbocycles. The average molecular weight is 310 g/mol. The van der Waals surface area contributed by atoms with Crippen LogP contribution in [0.4, 0.5) is 4.39 Å². The number of fused-ring (bicyclic) bond motifs is 1. The molecule has 3 rings (SSSR count). The van der Waals surface area contributed by atoms with Crippen LogP contribution in [-0.4, -0.2) is 0 Å². The number of hydrogen-bond donors (Lipinski definition) is 0. The third-order valence-corrected chi connectivity index (χ3v) is 5.30. The topological polar surface area (TPSA) is 0 Å². The maximum Gasteiger partial charge on any atom is 0.126 e. The highest BCUT2D eigenvalue weighted by molar-refractivity contribution is 5.68. The number of benzene rings is 2. The van der Waals surface area contributed by atoms with Gasteiger partial charge in [-0.05, 0) is 83.0 Å². The normalized spacial score (nSPS) is 17.4. The fourth-order valence-corrected chi connectivity index (χ4v) is 3.89. The molecule has 1 atom stereocenters. The van der Waals surface area contributed by atoms with Crippen molar-refractivity contribution in [3.8, 4) is 11.1 Å². The van der Waals surface area contributed by atoms with Crippen LogP contribution in [0, 0.1) is 5.82 Å². The van der Waals surface area contributed by atoms with E-state index in [0.29, 0.717) is 11.8 Å². The Morgan fingerprint density at radius 2 is 1.91 bits per heavy atom. The molecule has 0 saturated carbocycles. The molecule has 0 heterocycles. The summed E-state index contributed by atoms with van der Waals surface area (Å²) in [7, 11) is 0. The zero-order chi connectivity index (χ0) is 16.6. The Morgan fingerprint density at radius 1 is 1.13 bits per heavy atom. The molecular formula is C22H27F. The van der Waals surface area contributed by atoms with Gasteiger partial charge >= 0.3 is 0 Å². The Hall–Kier alpha value is -1.63. The second-order valence-electron chi connectivity index (χ2n) is 7.24. The summed E-state index contributed by atoms with van der Waals surface area (Å²) >= 11 is 0. The Kier molecular flexibility index (Phi) is 4.57. The van der Waals surface area contributed by atoms with Crippen molar-refractivity contribution in [2.45, 2.75) is 65.2 Å². The van der Waals surface area contributed by atoms with Gasteiger partial charge in [-0.2, -0.15) is 0 Å². The molecule has 0 radical (unpaired) electrons. The third-order valence-electron chi connectivity index (χ3n) is 5.30. The van der Waals surface area contributed by atoms with Crippen molar-refractivity contribution >= 4 is 0 Å². The minimum atomic E-state index is -0.0911. The predicted octanol–water partition coefficient (Wildman–Crippen LogP) is 6.62. The fraction of sp³-hybridized carbons (Fsp3) is 0.455. The van der Waals surface area contributed by atoms with Gasteiger partial charge in [0.2, 0.25) is 0 Å². The molecule has 1 unspecified atom stereocenters. The Labute approximate surface area is 139 Å². The summed E-state index contributed by atoms with van der Waals surface area (Å²) in [6.45, 7) is 8.91. The van der Waals surface area contributed by atoms with Crippen molar-refractivity contribution in [3.05, 3.63) is 58.4 Å². The molecule has 0 bridgehead atoms. The standard InChI is InChI=1S/C22H27F/c1-5-16-11-17(9-10-22(16)23)18-12-20(14(2)3)19-8-6-7-15(4)21(19)13-18/h9-15H,5-8H2,1-4H3. The van der Waals surface area contributed by atoms with Crippen molar-refractivity contribution in [2.75, 3.05) is 0 Å². The van der Waals surface area contributed by atoms with Gasteiger partial charge in [-0.3, -0.25) is 0 Å². The first-order chi connectivity index (χ1) is 11.0. The molecule has 0 saturated heterocycles. The molecule has 0 nitrogen and oxygen atoms in total. The number of rotatable bonds is 3. The van der Waals surface area contributed by atoms with Crippen molar-refractivity contribution in [2.24, 2.45) is 0 Å². The van der Waals surface area contributed by atoms with Gasteiger partial charge in [0, 0.05) is 0 Å². The van der Waals surface area contributed by atoms with Crippen LogP contribution < -0.4 is 0 Å². The molecule has 0 fully saturated rings. The molecule has 2 aromatic carbocycles. The van der Waals surface area contributed by atoms with Gasteiger partial charge < -0.3 is 0 Å². The maximum atomic E-state index is 13.8. The van der Waals surface area contributed by atoms with E-state index in [1.54, 1.807) is 11.6 Å². The highest BCUT2D eigenvalue weighted by Crippen LogP contribution is 2.39. The van der Waals surface area contributed by atoms with Gasteiger partial charge in [-0.15, -0.1) is 0 Å². The van der Waals surface area contributed by atoms with Crippen LogP contribution in [0.5, 0.6) is 0 Å². The van der Waals surface area contributed by atoms with E-state index in [1.165, 1.54) is 36.0 Å². The molecule has 1 aliphatic rings. The zero-order valence-corrected chi connectivity index (χ0v) is 14.7. The first kappa shape index (κ1) is 16.2. The van der Waals surface area contributed by atoms with Crippen LogP contribution >= 0.6 is 0 Å². The molecule has 0 N–H and O–H groups in total. The van der Waals surface area contributed by atoms with Crippen molar-refractivity contribution in [1.29, 1.82) is 0 Å². The van der Waals surface area contributed by atoms with E-state index in [9.17, 15) is 4.39 Å². The highest BCUT2D eigenvalue weighted by Gasteiger charge is 2.21. The van der Waals surface area contributed by atoms with E-state index >= 15 is 0 Å². The molecule has 1 heteroatoms. The van der Waals surface area contributed by atoms with E-state index in [4.69, 9.17) is 0 Å². The van der Waals surface area contributed by atoms with Crippen LogP contribution in [-0.2, 0) is 12.8 Å². The first-order valence-electron chi connectivity index (χ1n) is 8.96. The average Bonchev–Trinajstić information content (AvgIpc) is 2.55. The lowest BCUT2D eigenvalue weighted by atomic mass is 9.78. The Morgan fingerprint density at radius 3 is 2.61 bits per heavy atom. The molecular weight excluding hydrogens is 283 g/mol. The maximum absolute atomic E-state index is 13.8. The Balaban J connectivity index is 2.17. The van der Waals surface area contributed by atoms with Crippen LogP contribution in [0.25, 0.3) is 11.1 Å². The number of aryl methyl sites for hydroxylation is 1. The van der Waals surface area contributed by atoms with E-state index < -0.39 is 0 Å². The molecule has 0 amide bonds. The van der Waals surface area contributed by atoms with Crippen LogP contribution in [0.2, 0.25) is 0 Å². The quantitative estimate of drug-likeness (QED) is 0.597. The fourth-order valence-electron chi connectivity index (χ4n) is 3.89. The molecule has 0 aromatic heterocycles. The van der Waals surface area contributed by atoms with Gasteiger partial charge in [0.25, 0.3) is 0 Å². The number of halogens is 1. The summed E-state index contributed by atoms with van der Waals surface area (Å²) in [5, 5.41) is 0. The summed E-state index contributed by atoms with van der Waals surface area (Å²) in [4.78, 5) is 0. The van der Waals surface area contributed by atoms with E-state index in [0.717, 1.165) is 17.5 Å². The van der Waals surface area contributed by atoms with Crippen LogP contribution in [0.1, 0.15) is 74.6 Å². The van der Waals surface area contributed by atoms with Gasteiger partial charge in [0.15, 0.2) is 0 Å². The van der Waals surface area contributed by atoms with Gasteiger partial charge in [-0.25, -0.2) is 4.39 Å². The lowest BCUT2D eigenvalue weighted by Gasteiger charge is -2.27. The molecule has 122 valence electrons. The smallest absolute Gasteiger partial charge is 0.126 e. The van der Waals surface area contributed by atoms with Gasteiger partial charge in [0.1, 0.15) is 5.82 Å². The summed E-state index contributed by atoms with van der Waals surface area (Å²) < 4.78 is 13.8. The lowest BCUT2D eigenvalue weighted by Crippen LogP contribution is -2.11. The summed E-state index contributed by atoms with van der Waals surface area (Å²) in [5.74, 6) is 1.06. The van der Waals surface area contributed by atoms with Gasteiger partial charge in [-0.1, -0.05) is 45.9 Å². The monoisotopic (exact) mass is 310 g/mol. The zero-order valence-electron chi connectivity index (χ0n) is 14.7. The SMILES string of the molecule is CCc1cc(-c2cc(C(C)C)c3c(c2)C(C)CCC3)ccc1F. The predicted molar refractivity (Wildman–Crippen MR) is 96.7 cm³/mol. The molecule has 0 aliphatic heterocycles. The summed E-state index contributed by atoms with van der Waals surface area (Å²) in [6.07, 6.45) is 4.51. The lowest BCUT2D eigenvalue weighted by molar-refractivity contribution is 0.583. The first-order valence-corrected chi connectivity index (χ1v) is 8.96. The minimum absolute atomic E-state index is 0.0911. The third kappa shape index (κ3) is 3.06. The second kappa shape index (κ2) is 6.47. The highest BCUT2D eigenvalue weighted by atomic mass is 19.1. The summed E-state index contributed by atoms with van der Waals surface area (Å²) in [5.41, 5.74) is 7.76. The Bertz CT molecular complexity index is 695.